The Morgan fingerprint density at radius 3 is 2.44 bits per heavy atom. The largest absolute Gasteiger partial charge is 0.333 e. The predicted octanol–water partition coefficient (Wildman–Crippen LogP) is 0.135. The average Bonchev–Trinajstić information content (AvgIpc) is 2.54. The van der Waals surface area contributed by atoms with Crippen molar-refractivity contribution in [1.82, 2.24) is 18.7 Å². The normalized spacial score (nSPS) is 11.2. The van der Waals surface area contributed by atoms with Crippen LogP contribution in [0.5, 0.6) is 0 Å². The van der Waals surface area contributed by atoms with Crippen LogP contribution in [0.3, 0.4) is 0 Å². The maximum absolute atomic E-state index is 12.1. The quantitative estimate of drug-likeness (QED) is 0.550. The molecule has 6 nitrogen and oxygen atoms in total. The van der Waals surface area contributed by atoms with Crippen LogP contribution in [0.2, 0.25) is 0 Å². The molecule has 0 saturated heterocycles. The molecule has 2 aromatic heterocycles. The monoisotopic (exact) mass is 334 g/mol. The number of imidazole rings is 1. The highest BCUT2D eigenvalue weighted by Gasteiger charge is 2.15. The van der Waals surface area contributed by atoms with Gasteiger partial charge in [0.25, 0.3) is 5.56 Å². The van der Waals surface area contributed by atoms with Crippen LogP contribution in [0.4, 0.5) is 0 Å². The van der Waals surface area contributed by atoms with Gasteiger partial charge in [-0.05, 0) is 6.92 Å². The lowest BCUT2D eigenvalue weighted by Gasteiger charge is -2.04. The number of alkyl halides is 1. The zero-order valence-electron chi connectivity index (χ0n) is 9.19. The summed E-state index contributed by atoms with van der Waals surface area (Å²) >= 11 is 1.99. The first kappa shape index (κ1) is 11.4. The molecule has 2 aromatic rings. The lowest BCUT2D eigenvalue weighted by molar-refractivity contribution is 0.705. The third-order valence-electron chi connectivity index (χ3n) is 2.70. The molecule has 0 amide bonds. The predicted molar refractivity (Wildman–Crippen MR) is 69.0 cm³/mol. The Hall–Kier alpha value is -1.12. The average molecular weight is 334 g/mol. The maximum Gasteiger partial charge on any atom is 0.333 e. The summed E-state index contributed by atoms with van der Waals surface area (Å²) < 4.78 is 4.65. The molecular weight excluding hydrogens is 323 g/mol. The summed E-state index contributed by atoms with van der Waals surface area (Å²) in [7, 11) is 3.40. The SMILES string of the molecule is Cc1nc2c(c(=O)n(CI)c(=O)n2C)n1C. The number of aromatic nitrogens is 4. The van der Waals surface area contributed by atoms with Crippen molar-refractivity contribution in [3.8, 4) is 0 Å². The van der Waals surface area contributed by atoms with Gasteiger partial charge in [0.1, 0.15) is 5.82 Å². The fraction of sp³-hybridized carbons (Fsp3) is 0.444. The number of hydrogen-bond donors (Lipinski definition) is 0. The van der Waals surface area contributed by atoms with Crippen LogP contribution in [-0.4, -0.2) is 18.7 Å². The number of fused-ring (bicyclic) bond motifs is 1. The molecule has 0 bridgehead atoms. The van der Waals surface area contributed by atoms with Crippen molar-refractivity contribution < 1.29 is 0 Å². The fourth-order valence-corrected chi connectivity index (χ4v) is 2.26. The molecule has 0 aliphatic heterocycles. The van der Waals surface area contributed by atoms with Crippen molar-refractivity contribution >= 4 is 33.8 Å². The van der Waals surface area contributed by atoms with Crippen LogP contribution in [0.1, 0.15) is 5.82 Å². The maximum atomic E-state index is 12.1. The Bertz CT molecular complexity index is 679. The van der Waals surface area contributed by atoms with Crippen LogP contribution in [0.15, 0.2) is 9.59 Å². The molecule has 0 unspecified atom stereocenters. The highest BCUT2D eigenvalue weighted by Crippen LogP contribution is 2.07. The minimum Gasteiger partial charge on any atom is -0.325 e. The molecule has 16 heavy (non-hydrogen) atoms. The van der Waals surface area contributed by atoms with E-state index < -0.39 is 0 Å². The highest BCUT2D eigenvalue weighted by molar-refractivity contribution is 14.1. The van der Waals surface area contributed by atoms with E-state index in [0.29, 0.717) is 21.5 Å². The molecule has 0 aliphatic carbocycles. The summed E-state index contributed by atoms with van der Waals surface area (Å²) in [5, 5.41) is 0. The van der Waals surface area contributed by atoms with Crippen LogP contribution >= 0.6 is 22.6 Å². The highest BCUT2D eigenvalue weighted by atomic mass is 127. The van der Waals surface area contributed by atoms with Gasteiger partial charge in [-0.15, -0.1) is 0 Å². The van der Waals surface area contributed by atoms with Gasteiger partial charge in [0, 0.05) is 14.1 Å². The van der Waals surface area contributed by atoms with E-state index in [0.717, 1.165) is 0 Å². The van der Waals surface area contributed by atoms with E-state index in [-0.39, 0.29) is 11.2 Å². The van der Waals surface area contributed by atoms with Gasteiger partial charge in [0.2, 0.25) is 0 Å². The zero-order valence-corrected chi connectivity index (χ0v) is 11.3. The molecule has 0 spiro atoms. The van der Waals surface area contributed by atoms with Gasteiger partial charge in [-0.1, -0.05) is 22.6 Å². The summed E-state index contributed by atoms with van der Waals surface area (Å²) in [5.41, 5.74) is 0.299. The molecule has 2 rings (SSSR count). The molecule has 0 fully saturated rings. The second-order valence-electron chi connectivity index (χ2n) is 3.58. The second kappa shape index (κ2) is 3.72. The van der Waals surface area contributed by atoms with Crippen LogP contribution < -0.4 is 11.2 Å². The molecule has 7 heteroatoms. The van der Waals surface area contributed by atoms with E-state index >= 15 is 0 Å². The Labute approximate surface area is 105 Å². The minimum atomic E-state index is -0.329. The Morgan fingerprint density at radius 2 is 1.88 bits per heavy atom. The van der Waals surface area contributed by atoms with Crippen molar-refractivity contribution in [3.05, 3.63) is 26.7 Å². The van der Waals surface area contributed by atoms with Crippen molar-refractivity contribution in [2.45, 2.75) is 11.5 Å². The first-order valence-corrected chi connectivity index (χ1v) is 6.20. The van der Waals surface area contributed by atoms with Gasteiger partial charge in [-0.3, -0.25) is 9.36 Å². The first-order valence-electron chi connectivity index (χ1n) is 4.68. The molecule has 86 valence electrons. The Morgan fingerprint density at radius 1 is 1.25 bits per heavy atom. The van der Waals surface area contributed by atoms with Gasteiger partial charge in [-0.25, -0.2) is 14.3 Å². The number of hydrogen-bond acceptors (Lipinski definition) is 3. The summed E-state index contributed by atoms with van der Waals surface area (Å²) in [5.74, 6) is 0.716. The van der Waals surface area contributed by atoms with Gasteiger partial charge < -0.3 is 4.57 Å². The smallest absolute Gasteiger partial charge is 0.325 e. The summed E-state index contributed by atoms with van der Waals surface area (Å²) in [6.45, 7) is 1.80. The molecule has 2 heterocycles. The number of aryl methyl sites for hydroxylation is 3. The molecule has 0 aromatic carbocycles. The van der Waals surface area contributed by atoms with E-state index in [1.807, 2.05) is 22.6 Å². The lowest BCUT2D eigenvalue weighted by Crippen LogP contribution is -2.38. The van der Waals surface area contributed by atoms with Gasteiger partial charge in [-0.2, -0.15) is 0 Å². The third kappa shape index (κ3) is 1.34. The summed E-state index contributed by atoms with van der Waals surface area (Å²) in [6, 6.07) is 0. The second-order valence-corrected chi connectivity index (χ2v) is 4.27. The molecule has 0 saturated carbocycles. The van der Waals surface area contributed by atoms with Gasteiger partial charge >= 0.3 is 5.69 Å². The van der Waals surface area contributed by atoms with E-state index in [4.69, 9.17) is 0 Å². The van der Waals surface area contributed by atoms with Crippen molar-refractivity contribution in [2.24, 2.45) is 14.1 Å². The third-order valence-corrected chi connectivity index (χ3v) is 3.39. The lowest BCUT2D eigenvalue weighted by atomic mass is 10.5. The minimum absolute atomic E-state index is 0.282. The van der Waals surface area contributed by atoms with Crippen LogP contribution in [0.25, 0.3) is 11.2 Å². The zero-order chi connectivity index (χ0) is 12.0. The summed E-state index contributed by atoms with van der Waals surface area (Å²) in [6.07, 6.45) is 0. The van der Waals surface area contributed by atoms with Crippen molar-refractivity contribution in [3.63, 3.8) is 0 Å². The number of nitrogens with zero attached hydrogens (tertiary/aromatic N) is 4. The van der Waals surface area contributed by atoms with Gasteiger partial charge in [0.15, 0.2) is 11.2 Å². The molecule has 0 N–H and O–H groups in total. The summed E-state index contributed by atoms with van der Waals surface area (Å²) in [4.78, 5) is 28.1. The van der Waals surface area contributed by atoms with E-state index in [1.54, 1.807) is 25.6 Å². The standard InChI is InChI=1S/C9H11IN4O2/c1-5-11-7-6(12(5)2)8(15)14(4-10)9(16)13(7)3/h4H2,1-3H3. The molecular formula is C9H11IN4O2. The van der Waals surface area contributed by atoms with Gasteiger partial charge in [0.05, 0.1) is 4.55 Å². The Kier molecular flexibility index (Phi) is 2.64. The first-order chi connectivity index (χ1) is 7.49. The van der Waals surface area contributed by atoms with Crippen LogP contribution in [0, 0.1) is 6.92 Å². The van der Waals surface area contributed by atoms with E-state index in [9.17, 15) is 9.59 Å². The fourth-order valence-electron chi connectivity index (χ4n) is 1.66. The number of rotatable bonds is 1. The number of halogens is 1. The van der Waals surface area contributed by atoms with E-state index in [2.05, 4.69) is 4.98 Å². The Balaban J connectivity index is 3.15. The van der Waals surface area contributed by atoms with E-state index in [1.165, 1.54) is 9.13 Å². The topological polar surface area (TPSA) is 61.8 Å². The molecule has 0 aliphatic rings. The van der Waals surface area contributed by atoms with Crippen molar-refractivity contribution in [1.29, 1.82) is 0 Å². The van der Waals surface area contributed by atoms with Crippen molar-refractivity contribution in [2.75, 3.05) is 0 Å². The molecule has 0 radical (unpaired) electrons. The molecule has 0 atom stereocenters. The van der Waals surface area contributed by atoms with Crippen LogP contribution in [-0.2, 0) is 18.6 Å².